The smallest absolute Gasteiger partial charge is 0.287 e. The number of aromatic nitrogens is 2. The fourth-order valence-electron chi connectivity index (χ4n) is 2.69. The van der Waals surface area contributed by atoms with Crippen LogP contribution in [0.25, 0.3) is 0 Å². The average Bonchev–Trinajstić information content (AvgIpc) is 2.49. The third-order valence-corrected chi connectivity index (χ3v) is 4.22. The number of halogens is 1. The monoisotopic (exact) mass is 298 g/mol. The van der Waals surface area contributed by atoms with Crippen LogP contribution in [0.3, 0.4) is 0 Å². The second kappa shape index (κ2) is 7.09. The summed E-state index contributed by atoms with van der Waals surface area (Å²) in [5.74, 6) is 0.605. The third kappa shape index (κ3) is 3.33. The van der Waals surface area contributed by atoms with Gasteiger partial charge in [-0.15, -0.1) is 0 Å². The molecular formula is C14H23ClN4O. The largest absolute Gasteiger partial charge is 0.369 e. The SMILES string of the molecule is CCN(CC1CCCNC1)c1cnn(CC)c(=O)c1Cl. The number of aryl methyl sites for hydroxylation is 1. The van der Waals surface area contributed by atoms with Crippen molar-refractivity contribution >= 4 is 17.3 Å². The number of rotatable bonds is 5. The van der Waals surface area contributed by atoms with Crippen LogP contribution in [-0.2, 0) is 6.54 Å². The molecule has 1 aliphatic rings. The molecule has 0 amide bonds. The Balaban J connectivity index is 2.18. The van der Waals surface area contributed by atoms with Crippen LogP contribution in [0.1, 0.15) is 26.7 Å². The Bertz CT molecular complexity index is 496. The highest BCUT2D eigenvalue weighted by atomic mass is 35.5. The highest BCUT2D eigenvalue weighted by molar-refractivity contribution is 6.33. The zero-order valence-electron chi connectivity index (χ0n) is 12.2. The maximum absolute atomic E-state index is 12.1. The molecule has 1 atom stereocenters. The lowest BCUT2D eigenvalue weighted by molar-refractivity contribution is 0.377. The highest BCUT2D eigenvalue weighted by Crippen LogP contribution is 2.23. The van der Waals surface area contributed by atoms with E-state index in [1.165, 1.54) is 17.5 Å². The zero-order valence-corrected chi connectivity index (χ0v) is 13.0. The van der Waals surface area contributed by atoms with Crippen LogP contribution in [0.4, 0.5) is 5.69 Å². The van der Waals surface area contributed by atoms with E-state index in [9.17, 15) is 4.79 Å². The molecule has 1 saturated heterocycles. The van der Waals surface area contributed by atoms with E-state index in [0.717, 1.165) is 31.9 Å². The molecule has 0 bridgehead atoms. The van der Waals surface area contributed by atoms with Gasteiger partial charge in [-0.3, -0.25) is 4.79 Å². The molecule has 1 unspecified atom stereocenters. The Morgan fingerprint density at radius 1 is 1.55 bits per heavy atom. The van der Waals surface area contributed by atoms with Crippen molar-refractivity contribution < 1.29 is 0 Å². The summed E-state index contributed by atoms with van der Waals surface area (Å²) in [6.07, 6.45) is 4.15. The number of anilines is 1. The van der Waals surface area contributed by atoms with E-state index in [4.69, 9.17) is 11.6 Å². The molecule has 1 fully saturated rings. The van der Waals surface area contributed by atoms with Crippen LogP contribution in [0, 0.1) is 5.92 Å². The van der Waals surface area contributed by atoms with E-state index in [1.54, 1.807) is 6.20 Å². The van der Waals surface area contributed by atoms with Gasteiger partial charge in [0.15, 0.2) is 0 Å². The van der Waals surface area contributed by atoms with Crippen LogP contribution in [0.5, 0.6) is 0 Å². The molecule has 1 aromatic rings. The number of hydrogen-bond donors (Lipinski definition) is 1. The van der Waals surface area contributed by atoms with Gasteiger partial charge in [0.25, 0.3) is 5.56 Å². The average molecular weight is 299 g/mol. The van der Waals surface area contributed by atoms with Crippen molar-refractivity contribution in [1.82, 2.24) is 15.1 Å². The molecule has 1 aromatic heterocycles. The van der Waals surface area contributed by atoms with E-state index in [2.05, 4.69) is 22.2 Å². The van der Waals surface area contributed by atoms with Crippen molar-refractivity contribution in [2.45, 2.75) is 33.2 Å². The summed E-state index contributed by atoms with van der Waals surface area (Å²) in [4.78, 5) is 14.2. The van der Waals surface area contributed by atoms with Gasteiger partial charge in [0.2, 0.25) is 0 Å². The first-order valence-electron chi connectivity index (χ1n) is 7.38. The summed E-state index contributed by atoms with van der Waals surface area (Å²) in [5, 5.41) is 7.89. The van der Waals surface area contributed by atoms with Gasteiger partial charge in [-0.2, -0.15) is 5.10 Å². The molecule has 5 nitrogen and oxygen atoms in total. The summed E-state index contributed by atoms with van der Waals surface area (Å²) in [7, 11) is 0. The molecule has 0 radical (unpaired) electrons. The van der Waals surface area contributed by atoms with Crippen LogP contribution in [0.2, 0.25) is 5.02 Å². The molecular weight excluding hydrogens is 276 g/mol. The van der Waals surface area contributed by atoms with Crippen molar-refractivity contribution in [3.8, 4) is 0 Å². The van der Waals surface area contributed by atoms with Crippen molar-refractivity contribution in [2.75, 3.05) is 31.1 Å². The minimum absolute atomic E-state index is 0.202. The molecule has 20 heavy (non-hydrogen) atoms. The van der Waals surface area contributed by atoms with Crippen molar-refractivity contribution in [3.05, 3.63) is 21.6 Å². The Hall–Kier alpha value is -1.07. The predicted molar refractivity (Wildman–Crippen MR) is 82.7 cm³/mol. The Labute approximate surface area is 124 Å². The van der Waals surface area contributed by atoms with Crippen LogP contribution >= 0.6 is 11.6 Å². The van der Waals surface area contributed by atoms with Gasteiger partial charge in [-0.25, -0.2) is 4.68 Å². The Morgan fingerprint density at radius 2 is 2.35 bits per heavy atom. The van der Waals surface area contributed by atoms with Crippen molar-refractivity contribution in [2.24, 2.45) is 5.92 Å². The normalized spacial score (nSPS) is 19.1. The second-order valence-corrected chi connectivity index (χ2v) is 5.59. The van der Waals surface area contributed by atoms with Crippen LogP contribution in [0.15, 0.2) is 11.0 Å². The van der Waals surface area contributed by atoms with E-state index in [0.29, 0.717) is 12.5 Å². The van der Waals surface area contributed by atoms with E-state index >= 15 is 0 Å². The fraction of sp³-hybridized carbons (Fsp3) is 0.714. The minimum Gasteiger partial charge on any atom is -0.369 e. The van der Waals surface area contributed by atoms with Gasteiger partial charge in [0.05, 0.1) is 11.9 Å². The van der Waals surface area contributed by atoms with Gasteiger partial charge in [0, 0.05) is 19.6 Å². The van der Waals surface area contributed by atoms with Crippen molar-refractivity contribution in [3.63, 3.8) is 0 Å². The molecule has 6 heteroatoms. The zero-order chi connectivity index (χ0) is 14.5. The van der Waals surface area contributed by atoms with E-state index in [1.807, 2.05) is 6.92 Å². The number of nitrogens with zero attached hydrogens (tertiary/aromatic N) is 3. The van der Waals surface area contributed by atoms with E-state index in [-0.39, 0.29) is 10.6 Å². The lowest BCUT2D eigenvalue weighted by Gasteiger charge is -2.31. The van der Waals surface area contributed by atoms with Gasteiger partial charge in [-0.05, 0) is 45.7 Å². The standard InChI is InChI=1S/C14H23ClN4O/c1-3-18(10-11-6-5-7-16-8-11)12-9-17-19(4-2)14(20)13(12)15/h9,11,16H,3-8,10H2,1-2H3. The number of hydrogen-bond acceptors (Lipinski definition) is 4. The highest BCUT2D eigenvalue weighted by Gasteiger charge is 2.19. The first kappa shape index (κ1) is 15.3. The van der Waals surface area contributed by atoms with E-state index < -0.39 is 0 Å². The Kier molecular flexibility index (Phi) is 5.43. The molecule has 0 spiro atoms. The first-order valence-corrected chi connectivity index (χ1v) is 7.76. The van der Waals surface area contributed by atoms with Gasteiger partial charge >= 0.3 is 0 Å². The molecule has 0 aromatic carbocycles. The van der Waals surface area contributed by atoms with Gasteiger partial charge in [0.1, 0.15) is 5.02 Å². The molecule has 2 heterocycles. The number of piperidine rings is 1. The van der Waals surface area contributed by atoms with Crippen LogP contribution in [-0.4, -0.2) is 36.0 Å². The summed E-state index contributed by atoms with van der Waals surface area (Å²) < 4.78 is 1.39. The molecule has 112 valence electrons. The van der Waals surface area contributed by atoms with Gasteiger partial charge in [-0.1, -0.05) is 11.6 Å². The quantitative estimate of drug-likeness (QED) is 0.900. The maximum Gasteiger partial charge on any atom is 0.287 e. The minimum atomic E-state index is -0.202. The second-order valence-electron chi connectivity index (χ2n) is 5.22. The molecule has 2 rings (SSSR count). The lowest BCUT2D eigenvalue weighted by Crippen LogP contribution is -2.39. The molecule has 1 N–H and O–H groups in total. The molecule has 1 aliphatic heterocycles. The maximum atomic E-state index is 12.1. The Morgan fingerprint density at radius 3 is 2.95 bits per heavy atom. The van der Waals surface area contributed by atoms with Crippen molar-refractivity contribution in [1.29, 1.82) is 0 Å². The third-order valence-electron chi connectivity index (χ3n) is 3.87. The topological polar surface area (TPSA) is 50.2 Å². The lowest BCUT2D eigenvalue weighted by atomic mass is 9.99. The summed E-state index contributed by atoms with van der Waals surface area (Å²) in [5.41, 5.74) is 0.557. The summed E-state index contributed by atoms with van der Waals surface area (Å²) in [6, 6.07) is 0. The summed E-state index contributed by atoms with van der Waals surface area (Å²) >= 11 is 6.24. The van der Waals surface area contributed by atoms with Gasteiger partial charge < -0.3 is 10.2 Å². The molecule has 0 aliphatic carbocycles. The summed E-state index contributed by atoms with van der Waals surface area (Å²) in [6.45, 7) is 8.39. The van der Waals surface area contributed by atoms with Crippen LogP contribution < -0.4 is 15.8 Å². The number of nitrogens with one attached hydrogen (secondary N) is 1. The predicted octanol–water partition coefficient (Wildman–Crippen LogP) is 1.74. The first-order chi connectivity index (χ1) is 9.67. The fourth-order valence-corrected chi connectivity index (χ4v) is 2.96. The molecule has 0 saturated carbocycles.